The minimum absolute atomic E-state index is 0.249. The number of nitrogens with zero attached hydrogens (tertiary/aromatic N) is 1. The van der Waals surface area contributed by atoms with Gasteiger partial charge in [0.2, 0.25) is 0 Å². The van der Waals surface area contributed by atoms with Gasteiger partial charge in [0.1, 0.15) is 12.1 Å². The number of aliphatic carboxylic acids is 1. The summed E-state index contributed by atoms with van der Waals surface area (Å²) in [6.45, 7) is 2.21. The number of oxazole rings is 1. The van der Waals surface area contributed by atoms with Crippen LogP contribution < -0.4 is 10.6 Å². The first kappa shape index (κ1) is 18.4. The number of rotatable bonds is 8. The summed E-state index contributed by atoms with van der Waals surface area (Å²) in [7, 11) is 0. The molecule has 1 amide bonds. The molecule has 3 aromatic rings. The quantitative estimate of drug-likeness (QED) is 0.529. The van der Waals surface area contributed by atoms with Crippen molar-refractivity contribution in [2.75, 3.05) is 18.4 Å². The van der Waals surface area contributed by atoms with E-state index in [2.05, 4.69) is 15.6 Å². The third-order valence-electron chi connectivity index (χ3n) is 4.04. The van der Waals surface area contributed by atoms with Gasteiger partial charge in [-0.2, -0.15) is 0 Å². The molecule has 140 valence electrons. The van der Waals surface area contributed by atoms with Crippen LogP contribution in [0.2, 0.25) is 0 Å². The lowest BCUT2D eigenvalue weighted by Crippen LogP contribution is -2.26. The van der Waals surface area contributed by atoms with Crippen molar-refractivity contribution in [1.82, 2.24) is 10.3 Å². The van der Waals surface area contributed by atoms with Gasteiger partial charge in [-0.15, -0.1) is 0 Å². The van der Waals surface area contributed by atoms with Gasteiger partial charge in [0.05, 0.1) is 5.56 Å². The van der Waals surface area contributed by atoms with Gasteiger partial charge in [0.15, 0.2) is 11.5 Å². The van der Waals surface area contributed by atoms with Gasteiger partial charge >= 0.3 is 5.97 Å². The highest BCUT2D eigenvalue weighted by atomic mass is 16.4. The Morgan fingerprint density at radius 3 is 2.81 bits per heavy atom. The van der Waals surface area contributed by atoms with E-state index >= 15 is 0 Å². The monoisotopic (exact) mass is 367 g/mol. The van der Waals surface area contributed by atoms with Gasteiger partial charge in [-0.25, -0.2) is 4.98 Å². The summed E-state index contributed by atoms with van der Waals surface area (Å²) in [6.07, 6.45) is 1.30. The van der Waals surface area contributed by atoms with E-state index in [1.165, 1.54) is 0 Å². The second kappa shape index (κ2) is 8.35. The molecule has 7 nitrogen and oxygen atoms in total. The molecule has 7 heteroatoms. The normalized spacial score (nSPS) is 10.7. The highest BCUT2D eigenvalue weighted by Gasteiger charge is 2.11. The summed E-state index contributed by atoms with van der Waals surface area (Å²) in [4.78, 5) is 27.5. The van der Waals surface area contributed by atoms with E-state index in [1.807, 2.05) is 25.1 Å². The Morgan fingerprint density at radius 2 is 2.00 bits per heavy atom. The fourth-order valence-electron chi connectivity index (χ4n) is 2.73. The maximum Gasteiger partial charge on any atom is 0.322 e. The Hall–Kier alpha value is -3.35. The summed E-state index contributed by atoms with van der Waals surface area (Å²) in [5.74, 6) is -0.594. The van der Waals surface area contributed by atoms with Crippen molar-refractivity contribution in [3.05, 3.63) is 59.5 Å². The van der Waals surface area contributed by atoms with Crippen molar-refractivity contribution in [3.63, 3.8) is 0 Å². The second-order valence-electron chi connectivity index (χ2n) is 6.23. The predicted molar refractivity (Wildman–Crippen MR) is 102 cm³/mol. The van der Waals surface area contributed by atoms with E-state index in [1.54, 1.807) is 24.3 Å². The summed E-state index contributed by atoms with van der Waals surface area (Å²) in [5.41, 5.74) is 3.63. The molecule has 27 heavy (non-hydrogen) atoms. The van der Waals surface area contributed by atoms with E-state index < -0.39 is 5.97 Å². The van der Waals surface area contributed by atoms with E-state index in [-0.39, 0.29) is 12.5 Å². The Kier molecular flexibility index (Phi) is 5.71. The van der Waals surface area contributed by atoms with Crippen LogP contribution in [0.3, 0.4) is 0 Å². The van der Waals surface area contributed by atoms with Gasteiger partial charge in [0.25, 0.3) is 5.91 Å². The molecule has 0 fully saturated rings. The molecule has 0 radical (unpaired) electrons. The average Bonchev–Trinajstić information content (AvgIpc) is 3.05. The third kappa shape index (κ3) is 4.84. The fourth-order valence-corrected chi connectivity index (χ4v) is 2.73. The first-order chi connectivity index (χ1) is 13.0. The van der Waals surface area contributed by atoms with Crippen LogP contribution in [0.5, 0.6) is 0 Å². The van der Waals surface area contributed by atoms with Crippen LogP contribution in [-0.2, 0) is 11.2 Å². The van der Waals surface area contributed by atoms with Gasteiger partial charge in [-0.3, -0.25) is 9.59 Å². The van der Waals surface area contributed by atoms with E-state index in [4.69, 9.17) is 9.52 Å². The minimum atomic E-state index is -0.987. The van der Waals surface area contributed by atoms with E-state index in [0.717, 1.165) is 16.7 Å². The second-order valence-corrected chi connectivity index (χ2v) is 6.23. The molecule has 0 spiro atoms. The maximum atomic E-state index is 12.4. The van der Waals surface area contributed by atoms with E-state index in [0.29, 0.717) is 36.5 Å². The first-order valence-electron chi connectivity index (χ1n) is 8.72. The number of benzene rings is 2. The highest BCUT2D eigenvalue weighted by molar-refractivity contribution is 5.99. The Bertz CT molecular complexity index is 965. The number of fused-ring (bicyclic) bond motifs is 1. The number of carboxylic acids is 1. The van der Waals surface area contributed by atoms with Gasteiger partial charge in [-0.05, 0) is 43.2 Å². The zero-order chi connectivity index (χ0) is 19.2. The standard InChI is InChI=1S/C20H21N3O4/c1-13-8-9-16-17(11-13)27-18(23-16)7-4-10-21-20(26)14-5-2-3-6-15(14)22-12-19(24)25/h2-3,5-6,8-9,11,22H,4,7,10,12H2,1H3,(H,21,26)(H,24,25). The maximum absolute atomic E-state index is 12.4. The van der Waals surface area contributed by atoms with Crippen molar-refractivity contribution in [2.45, 2.75) is 19.8 Å². The Balaban J connectivity index is 1.52. The topological polar surface area (TPSA) is 104 Å². The molecular weight excluding hydrogens is 346 g/mol. The van der Waals surface area contributed by atoms with Gasteiger partial charge in [0, 0.05) is 18.7 Å². The molecule has 0 saturated heterocycles. The smallest absolute Gasteiger partial charge is 0.322 e. The molecular formula is C20H21N3O4. The number of para-hydroxylation sites is 1. The van der Waals surface area contributed by atoms with E-state index in [9.17, 15) is 9.59 Å². The number of hydrogen-bond donors (Lipinski definition) is 3. The fraction of sp³-hybridized carbons (Fsp3) is 0.250. The molecule has 0 bridgehead atoms. The molecule has 1 aromatic heterocycles. The number of carbonyl (C=O) groups is 2. The number of anilines is 1. The van der Waals surface area contributed by atoms with Crippen LogP contribution in [0.4, 0.5) is 5.69 Å². The minimum Gasteiger partial charge on any atom is -0.480 e. The summed E-state index contributed by atoms with van der Waals surface area (Å²) >= 11 is 0. The molecule has 0 atom stereocenters. The van der Waals surface area contributed by atoms with Crippen molar-refractivity contribution in [2.24, 2.45) is 0 Å². The molecule has 3 N–H and O–H groups in total. The molecule has 0 aliphatic carbocycles. The number of amides is 1. The molecule has 0 saturated carbocycles. The van der Waals surface area contributed by atoms with Crippen LogP contribution in [0.25, 0.3) is 11.1 Å². The first-order valence-corrected chi connectivity index (χ1v) is 8.72. The van der Waals surface area contributed by atoms with Crippen molar-refractivity contribution in [3.8, 4) is 0 Å². The lowest BCUT2D eigenvalue weighted by Gasteiger charge is -2.10. The largest absolute Gasteiger partial charge is 0.480 e. The van der Waals surface area contributed by atoms with Crippen molar-refractivity contribution >= 4 is 28.7 Å². The molecule has 0 aliphatic heterocycles. The number of carbonyl (C=O) groups excluding carboxylic acids is 1. The summed E-state index contributed by atoms with van der Waals surface area (Å²) in [6, 6.07) is 12.7. The van der Waals surface area contributed by atoms with Gasteiger partial charge < -0.3 is 20.2 Å². The average molecular weight is 367 g/mol. The zero-order valence-corrected chi connectivity index (χ0v) is 15.0. The SMILES string of the molecule is Cc1ccc2nc(CCCNC(=O)c3ccccc3NCC(=O)O)oc2c1. The number of hydrogen-bond acceptors (Lipinski definition) is 5. The number of nitrogens with one attached hydrogen (secondary N) is 2. The molecule has 1 heterocycles. The molecule has 0 aliphatic rings. The van der Waals surface area contributed by atoms with Gasteiger partial charge in [-0.1, -0.05) is 18.2 Å². The molecule has 3 rings (SSSR count). The van der Waals surface area contributed by atoms with Crippen LogP contribution in [0, 0.1) is 6.92 Å². The summed E-state index contributed by atoms with van der Waals surface area (Å²) in [5, 5.41) is 14.4. The Morgan fingerprint density at radius 1 is 1.19 bits per heavy atom. The zero-order valence-electron chi connectivity index (χ0n) is 15.0. The lowest BCUT2D eigenvalue weighted by molar-refractivity contribution is -0.134. The van der Waals surface area contributed by atoms with Crippen LogP contribution in [0.15, 0.2) is 46.9 Å². The molecule has 2 aromatic carbocycles. The van der Waals surface area contributed by atoms with Crippen LogP contribution in [-0.4, -0.2) is 35.1 Å². The number of aryl methyl sites for hydroxylation is 2. The predicted octanol–water partition coefficient (Wildman–Crippen LogP) is 3.00. The van der Waals surface area contributed by atoms with Crippen molar-refractivity contribution < 1.29 is 19.1 Å². The highest BCUT2D eigenvalue weighted by Crippen LogP contribution is 2.18. The van der Waals surface area contributed by atoms with Crippen LogP contribution in [0.1, 0.15) is 28.2 Å². The number of aromatic nitrogens is 1. The van der Waals surface area contributed by atoms with Crippen LogP contribution >= 0.6 is 0 Å². The van der Waals surface area contributed by atoms with Crippen molar-refractivity contribution in [1.29, 1.82) is 0 Å². The third-order valence-corrected chi connectivity index (χ3v) is 4.04. The number of carboxylic acid groups (broad SMARTS) is 1. The Labute approximate surface area is 156 Å². The summed E-state index contributed by atoms with van der Waals surface area (Å²) < 4.78 is 5.72. The lowest BCUT2D eigenvalue weighted by atomic mass is 10.1. The molecule has 0 unspecified atom stereocenters.